The van der Waals surface area contributed by atoms with E-state index in [9.17, 15) is 21.6 Å². The largest absolute Gasteiger partial charge is 0.397 e. The minimum absolute atomic E-state index is 0.103. The molecular formula is C16H21N5O7S2. The highest BCUT2D eigenvalue weighted by Crippen LogP contribution is 2.16. The molecule has 164 valence electrons. The van der Waals surface area contributed by atoms with Gasteiger partial charge in [0.2, 0.25) is 0 Å². The molecule has 0 atom stereocenters. The van der Waals surface area contributed by atoms with Crippen LogP contribution in [0.1, 0.15) is 6.92 Å². The van der Waals surface area contributed by atoms with Gasteiger partial charge in [0.25, 0.3) is 0 Å². The van der Waals surface area contributed by atoms with Crippen molar-refractivity contribution in [3.8, 4) is 0 Å². The van der Waals surface area contributed by atoms with Crippen molar-refractivity contribution in [1.29, 1.82) is 0 Å². The lowest BCUT2D eigenvalue weighted by molar-refractivity contribution is 0.256. The zero-order valence-electron chi connectivity index (χ0n) is 15.8. The molecular weight excluding hydrogens is 438 g/mol. The van der Waals surface area contributed by atoms with E-state index in [0.29, 0.717) is 5.69 Å². The van der Waals surface area contributed by atoms with Gasteiger partial charge in [0.05, 0.1) is 34.4 Å². The van der Waals surface area contributed by atoms with Gasteiger partial charge in [-0.2, -0.15) is 18.5 Å². The van der Waals surface area contributed by atoms with Gasteiger partial charge in [0.15, 0.2) is 9.84 Å². The van der Waals surface area contributed by atoms with Crippen molar-refractivity contribution >= 4 is 43.4 Å². The molecule has 0 aliphatic rings. The van der Waals surface area contributed by atoms with E-state index in [1.165, 1.54) is 43.3 Å². The monoisotopic (exact) mass is 459 g/mol. The van der Waals surface area contributed by atoms with E-state index in [-0.39, 0.29) is 22.0 Å². The summed E-state index contributed by atoms with van der Waals surface area (Å²) in [4.78, 5) is 14.5. The number of benzene rings is 1. The fourth-order valence-corrected chi connectivity index (χ4v) is 3.49. The van der Waals surface area contributed by atoms with E-state index in [1.54, 1.807) is 0 Å². The molecule has 0 radical (unpaired) electrons. The number of rotatable bonds is 10. The van der Waals surface area contributed by atoms with Crippen LogP contribution in [0.4, 0.5) is 10.5 Å². The lowest BCUT2D eigenvalue weighted by Gasteiger charge is -2.08. The molecule has 0 unspecified atom stereocenters. The molecule has 0 aliphatic heterocycles. The van der Waals surface area contributed by atoms with Crippen LogP contribution in [-0.4, -0.2) is 51.2 Å². The number of nitrogens with one attached hydrogen (secondary N) is 1. The van der Waals surface area contributed by atoms with Gasteiger partial charge in [-0.05, 0) is 37.3 Å². The topological polar surface area (TPSA) is 204 Å². The lowest BCUT2D eigenvalue weighted by atomic mass is 10.2. The molecule has 0 heterocycles. The van der Waals surface area contributed by atoms with Gasteiger partial charge in [-0.25, -0.2) is 17.4 Å². The number of allylic oxidation sites excluding steroid dienone is 3. The Morgan fingerprint density at radius 3 is 2.33 bits per heavy atom. The van der Waals surface area contributed by atoms with Crippen LogP contribution in [0.3, 0.4) is 0 Å². The molecule has 2 amide bonds. The normalized spacial score (nSPS) is 13.7. The number of nitrogens with two attached hydrogens (primary N) is 2. The van der Waals surface area contributed by atoms with E-state index in [4.69, 9.17) is 16.0 Å². The number of aliphatic imine (C=N–C) groups is 1. The Hall–Kier alpha value is -3.07. The van der Waals surface area contributed by atoms with E-state index in [1.807, 2.05) is 0 Å². The van der Waals surface area contributed by atoms with Crippen LogP contribution in [0.25, 0.3) is 0 Å². The first-order valence-corrected chi connectivity index (χ1v) is 11.1. The number of sulfone groups is 1. The maximum absolute atomic E-state index is 12.2. The summed E-state index contributed by atoms with van der Waals surface area (Å²) in [6.45, 7) is 4.25. The number of hydrogen-bond acceptors (Lipinski definition) is 9. The van der Waals surface area contributed by atoms with Crippen LogP contribution in [0.15, 0.2) is 63.7 Å². The zero-order chi connectivity index (χ0) is 22.9. The Morgan fingerprint density at radius 2 is 1.83 bits per heavy atom. The van der Waals surface area contributed by atoms with E-state index in [0.717, 1.165) is 0 Å². The first-order valence-electron chi connectivity index (χ1n) is 8.07. The van der Waals surface area contributed by atoms with Crippen molar-refractivity contribution in [2.24, 2.45) is 21.6 Å². The number of amides is 2. The molecule has 1 rings (SSSR count). The van der Waals surface area contributed by atoms with Crippen LogP contribution < -0.4 is 16.9 Å². The molecule has 6 N–H and O–H groups in total. The third-order valence-corrected chi connectivity index (χ3v) is 5.45. The lowest BCUT2D eigenvalue weighted by Crippen LogP contribution is -2.23. The fraction of sp³-hybridized carbons (Fsp3) is 0.188. The number of urea groups is 1. The first kappa shape index (κ1) is 25.0. The van der Waals surface area contributed by atoms with E-state index in [2.05, 4.69) is 26.3 Å². The molecule has 0 aliphatic carbocycles. The molecule has 0 fully saturated rings. The van der Waals surface area contributed by atoms with E-state index < -0.39 is 38.6 Å². The Morgan fingerprint density at radius 1 is 1.23 bits per heavy atom. The molecule has 0 spiro atoms. The number of hydrogen-bond donors (Lipinski definition) is 4. The zero-order valence-corrected chi connectivity index (χ0v) is 17.5. The second-order valence-corrected chi connectivity index (χ2v) is 8.76. The smallest absolute Gasteiger partial charge is 0.397 e. The SMILES string of the molecule is C=C/C=C(/N)C(=NNc1ccc(S(=O)(=O)CCOS(=O)(=O)O)cc1)C(C)=NC(N)=O. The molecule has 0 saturated heterocycles. The van der Waals surface area contributed by atoms with Gasteiger partial charge in [0.1, 0.15) is 5.71 Å². The van der Waals surface area contributed by atoms with Crippen LogP contribution in [-0.2, 0) is 24.4 Å². The van der Waals surface area contributed by atoms with Gasteiger partial charge in [-0.3, -0.25) is 9.98 Å². The average molecular weight is 460 g/mol. The summed E-state index contributed by atoms with van der Waals surface area (Å²) in [5.41, 5.74) is 14.3. The number of nitrogens with zero attached hydrogens (tertiary/aromatic N) is 2. The van der Waals surface area contributed by atoms with Crippen molar-refractivity contribution < 1.29 is 30.4 Å². The van der Waals surface area contributed by atoms with Crippen molar-refractivity contribution in [3.63, 3.8) is 0 Å². The summed E-state index contributed by atoms with van der Waals surface area (Å²) in [6.07, 6.45) is 2.85. The Labute approximate surface area is 173 Å². The van der Waals surface area contributed by atoms with Crippen molar-refractivity contribution in [3.05, 3.63) is 48.7 Å². The quantitative estimate of drug-likeness (QED) is 0.167. The highest BCUT2D eigenvalue weighted by Gasteiger charge is 2.16. The number of carbonyl (C=O) groups is 1. The third-order valence-electron chi connectivity index (χ3n) is 3.29. The fourth-order valence-electron chi connectivity index (χ4n) is 2.00. The Balaban J connectivity index is 3.02. The van der Waals surface area contributed by atoms with Gasteiger partial charge in [0, 0.05) is 0 Å². The first-order chi connectivity index (χ1) is 13.9. The second kappa shape index (κ2) is 10.6. The van der Waals surface area contributed by atoms with Crippen LogP contribution >= 0.6 is 0 Å². The van der Waals surface area contributed by atoms with Crippen molar-refractivity contribution in [2.45, 2.75) is 11.8 Å². The summed E-state index contributed by atoms with van der Waals surface area (Å²) in [7, 11) is -8.58. The number of primary amides is 1. The highest BCUT2D eigenvalue weighted by molar-refractivity contribution is 7.91. The molecule has 14 heteroatoms. The molecule has 1 aromatic rings. The molecule has 0 aromatic heterocycles. The standard InChI is InChI=1S/C16H21N5O7S2/c1-3-4-14(17)15(11(2)19-16(18)22)21-20-12-5-7-13(8-6-12)29(23,24)10-9-28-30(25,26)27/h3-8,20H,1,9-10,17H2,2H3,(H2,18,22)(H,25,26,27)/b14-4+,19-11?,21-15?. The molecule has 12 nitrogen and oxygen atoms in total. The summed E-state index contributed by atoms with van der Waals surface area (Å²) in [6, 6.07) is 4.37. The van der Waals surface area contributed by atoms with Gasteiger partial charge in [-0.1, -0.05) is 12.7 Å². The average Bonchev–Trinajstić information content (AvgIpc) is 2.60. The minimum Gasteiger partial charge on any atom is -0.397 e. The summed E-state index contributed by atoms with van der Waals surface area (Å²) >= 11 is 0. The molecule has 30 heavy (non-hydrogen) atoms. The summed E-state index contributed by atoms with van der Waals surface area (Å²) < 4.78 is 57.8. The van der Waals surface area contributed by atoms with Gasteiger partial charge < -0.3 is 11.5 Å². The van der Waals surface area contributed by atoms with Crippen molar-refractivity contribution in [1.82, 2.24) is 0 Å². The maximum Gasteiger partial charge on any atom is 0.397 e. The maximum atomic E-state index is 12.2. The molecule has 0 bridgehead atoms. The number of hydrazone groups is 1. The molecule has 0 saturated carbocycles. The Kier molecular flexibility index (Phi) is 8.85. The Bertz CT molecular complexity index is 1090. The number of anilines is 1. The summed E-state index contributed by atoms with van der Waals surface area (Å²) in [5.74, 6) is -0.659. The van der Waals surface area contributed by atoms with Crippen LogP contribution in [0, 0.1) is 0 Å². The molecule has 1 aromatic carbocycles. The van der Waals surface area contributed by atoms with Crippen LogP contribution in [0.2, 0.25) is 0 Å². The predicted molar refractivity (Wildman–Crippen MR) is 112 cm³/mol. The van der Waals surface area contributed by atoms with Crippen LogP contribution in [0.5, 0.6) is 0 Å². The second-order valence-electron chi connectivity index (χ2n) is 5.56. The van der Waals surface area contributed by atoms with Crippen molar-refractivity contribution in [2.75, 3.05) is 17.8 Å². The number of carbonyl (C=O) groups excluding carboxylic acids is 1. The van der Waals surface area contributed by atoms with Gasteiger partial charge >= 0.3 is 16.4 Å². The minimum atomic E-state index is -4.73. The third kappa shape index (κ3) is 8.52. The van der Waals surface area contributed by atoms with E-state index >= 15 is 0 Å². The van der Waals surface area contributed by atoms with Gasteiger partial charge in [-0.15, -0.1) is 0 Å². The highest BCUT2D eigenvalue weighted by atomic mass is 32.3. The predicted octanol–water partition coefficient (Wildman–Crippen LogP) is 0.616. The summed E-state index contributed by atoms with van der Waals surface area (Å²) in [5, 5.41) is 4.06.